The molecule has 0 bridgehead atoms. The van der Waals surface area contributed by atoms with E-state index in [1.54, 1.807) is 14.2 Å². The maximum absolute atomic E-state index is 12.5. The van der Waals surface area contributed by atoms with Crippen molar-refractivity contribution < 1.29 is 14.3 Å². The number of amides is 2. The molecule has 2 amide bonds. The Balaban J connectivity index is 2.01. The second-order valence-corrected chi connectivity index (χ2v) is 6.30. The Bertz CT molecular complexity index is 547. The van der Waals surface area contributed by atoms with E-state index in [0.29, 0.717) is 6.54 Å². The fourth-order valence-corrected chi connectivity index (χ4v) is 2.98. The number of methoxy groups -OCH3 is 2. The minimum absolute atomic E-state index is 0.0587. The van der Waals surface area contributed by atoms with E-state index in [-0.39, 0.29) is 11.6 Å². The Morgan fingerprint density at radius 1 is 1.30 bits per heavy atom. The van der Waals surface area contributed by atoms with E-state index in [1.165, 1.54) is 0 Å². The molecule has 0 unspecified atom stereocenters. The van der Waals surface area contributed by atoms with Crippen LogP contribution >= 0.6 is 0 Å². The number of ether oxygens (including phenoxy) is 2. The maximum atomic E-state index is 12.5. The minimum Gasteiger partial charge on any atom is -0.496 e. The third-order valence-electron chi connectivity index (χ3n) is 4.74. The molecule has 1 aliphatic rings. The minimum atomic E-state index is -0.124. The van der Waals surface area contributed by atoms with Crippen LogP contribution in [0.25, 0.3) is 0 Å². The van der Waals surface area contributed by atoms with Gasteiger partial charge in [-0.1, -0.05) is 13.0 Å². The van der Waals surface area contributed by atoms with Crippen molar-refractivity contribution in [3.63, 3.8) is 0 Å². The summed E-state index contributed by atoms with van der Waals surface area (Å²) in [5.74, 6) is 0.813. The van der Waals surface area contributed by atoms with Crippen molar-refractivity contribution in [3.8, 4) is 5.75 Å². The molecule has 0 radical (unpaired) electrons. The zero-order chi connectivity index (χ0) is 16.9. The van der Waals surface area contributed by atoms with Crippen molar-refractivity contribution >= 4 is 11.7 Å². The van der Waals surface area contributed by atoms with E-state index in [0.717, 1.165) is 49.2 Å². The molecule has 128 valence electrons. The van der Waals surface area contributed by atoms with Gasteiger partial charge in [0.25, 0.3) is 0 Å². The van der Waals surface area contributed by atoms with Crippen molar-refractivity contribution in [2.75, 3.05) is 32.6 Å². The van der Waals surface area contributed by atoms with Crippen LogP contribution < -0.4 is 10.1 Å². The molecule has 1 fully saturated rings. The number of hydrogen-bond acceptors (Lipinski definition) is 3. The SMILES string of the molecule is CCc1ccc(NC(=O)N2CCC[C@@](C)(OC)CC2)cc1OC. The first-order valence-corrected chi connectivity index (χ1v) is 8.29. The summed E-state index contributed by atoms with van der Waals surface area (Å²) in [7, 11) is 3.40. The van der Waals surface area contributed by atoms with Crippen LogP contribution in [0.1, 0.15) is 38.7 Å². The zero-order valence-corrected chi connectivity index (χ0v) is 14.6. The van der Waals surface area contributed by atoms with E-state index in [9.17, 15) is 4.79 Å². The molecule has 1 atom stereocenters. The predicted octanol–water partition coefficient (Wildman–Crippen LogP) is 3.68. The fourth-order valence-electron chi connectivity index (χ4n) is 2.98. The zero-order valence-electron chi connectivity index (χ0n) is 14.6. The Kier molecular flexibility index (Phi) is 5.88. The summed E-state index contributed by atoms with van der Waals surface area (Å²) >= 11 is 0. The van der Waals surface area contributed by atoms with Gasteiger partial charge < -0.3 is 19.7 Å². The normalized spacial score (nSPS) is 21.7. The van der Waals surface area contributed by atoms with Gasteiger partial charge in [-0.25, -0.2) is 4.79 Å². The highest BCUT2D eigenvalue weighted by molar-refractivity contribution is 5.89. The molecule has 0 aromatic heterocycles. The van der Waals surface area contributed by atoms with Crippen LogP contribution in [0.5, 0.6) is 5.75 Å². The number of hydrogen-bond donors (Lipinski definition) is 1. The van der Waals surface area contributed by atoms with Crippen LogP contribution in [0.15, 0.2) is 18.2 Å². The van der Waals surface area contributed by atoms with Gasteiger partial charge in [-0.3, -0.25) is 0 Å². The Hall–Kier alpha value is -1.75. The molecule has 0 aliphatic carbocycles. The van der Waals surface area contributed by atoms with Gasteiger partial charge in [0.2, 0.25) is 0 Å². The number of likely N-dealkylation sites (tertiary alicyclic amines) is 1. The van der Waals surface area contributed by atoms with Gasteiger partial charge in [0.15, 0.2) is 0 Å². The van der Waals surface area contributed by atoms with Crippen LogP contribution in [0.3, 0.4) is 0 Å². The van der Waals surface area contributed by atoms with E-state index < -0.39 is 0 Å². The third-order valence-corrected chi connectivity index (χ3v) is 4.74. The molecule has 2 rings (SSSR count). The molecule has 23 heavy (non-hydrogen) atoms. The average Bonchev–Trinajstić information content (AvgIpc) is 2.77. The number of carbonyl (C=O) groups excluding carboxylic acids is 1. The van der Waals surface area contributed by atoms with E-state index in [2.05, 4.69) is 19.2 Å². The van der Waals surface area contributed by atoms with Crippen LogP contribution in [-0.2, 0) is 11.2 Å². The Morgan fingerprint density at radius 3 is 2.74 bits per heavy atom. The van der Waals surface area contributed by atoms with Crippen molar-refractivity contribution in [1.82, 2.24) is 4.90 Å². The fraction of sp³-hybridized carbons (Fsp3) is 0.611. The maximum Gasteiger partial charge on any atom is 0.321 e. The number of rotatable bonds is 4. The molecule has 1 aromatic carbocycles. The van der Waals surface area contributed by atoms with Crippen LogP contribution in [0.4, 0.5) is 10.5 Å². The van der Waals surface area contributed by atoms with Crippen molar-refractivity contribution in [2.24, 2.45) is 0 Å². The second kappa shape index (κ2) is 7.68. The van der Waals surface area contributed by atoms with Gasteiger partial charge in [0, 0.05) is 32.0 Å². The number of carbonyl (C=O) groups is 1. The molecular weight excluding hydrogens is 292 g/mol. The molecule has 1 aliphatic heterocycles. The van der Waals surface area contributed by atoms with E-state index in [4.69, 9.17) is 9.47 Å². The van der Waals surface area contributed by atoms with Gasteiger partial charge >= 0.3 is 6.03 Å². The van der Waals surface area contributed by atoms with E-state index >= 15 is 0 Å². The van der Waals surface area contributed by atoms with Gasteiger partial charge in [-0.15, -0.1) is 0 Å². The Morgan fingerprint density at radius 2 is 2.09 bits per heavy atom. The van der Waals surface area contributed by atoms with Gasteiger partial charge in [0.05, 0.1) is 12.7 Å². The molecule has 1 aromatic rings. The lowest BCUT2D eigenvalue weighted by Crippen LogP contribution is -2.37. The number of benzene rings is 1. The Labute approximate surface area is 139 Å². The first-order chi connectivity index (χ1) is 11.0. The topological polar surface area (TPSA) is 50.8 Å². The number of nitrogens with one attached hydrogen (secondary N) is 1. The highest BCUT2D eigenvalue weighted by Crippen LogP contribution is 2.26. The van der Waals surface area contributed by atoms with Crippen molar-refractivity contribution in [3.05, 3.63) is 23.8 Å². The van der Waals surface area contributed by atoms with E-state index in [1.807, 2.05) is 23.1 Å². The molecule has 1 saturated heterocycles. The molecule has 5 nitrogen and oxygen atoms in total. The highest BCUT2D eigenvalue weighted by Gasteiger charge is 2.29. The summed E-state index contributed by atoms with van der Waals surface area (Å²) in [4.78, 5) is 14.4. The van der Waals surface area contributed by atoms with Crippen molar-refractivity contribution in [1.29, 1.82) is 0 Å². The largest absolute Gasteiger partial charge is 0.496 e. The van der Waals surface area contributed by atoms with Crippen LogP contribution in [-0.4, -0.2) is 43.8 Å². The number of urea groups is 1. The quantitative estimate of drug-likeness (QED) is 0.920. The number of anilines is 1. The van der Waals surface area contributed by atoms with Gasteiger partial charge in [0.1, 0.15) is 5.75 Å². The summed E-state index contributed by atoms with van der Waals surface area (Å²) in [5, 5.41) is 2.98. The molecular formula is C18H28N2O3. The lowest BCUT2D eigenvalue weighted by atomic mass is 9.97. The van der Waals surface area contributed by atoms with Crippen LogP contribution in [0.2, 0.25) is 0 Å². The van der Waals surface area contributed by atoms with Gasteiger partial charge in [-0.05, 0) is 44.2 Å². The lowest BCUT2D eigenvalue weighted by molar-refractivity contribution is -0.00491. The monoisotopic (exact) mass is 320 g/mol. The lowest BCUT2D eigenvalue weighted by Gasteiger charge is -2.26. The molecule has 0 saturated carbocycles. The number of aryl methyl sites for hydroxylation is 1. The van der Waals surface area contributed by atoms with Crippen molar-refractivity contribution in [2.45, 2.75) is 45.1 Å². The summed E-state index contributed by atoms with van der Waals surface area (Å²) in [6.45, 7) is 5.66. The smallest absolute Gasteiger partial charge is 0.321 e. The van der Waals surface area contributed by atoms with Gasteiger partial charge in [-0.2, -0.15) is 0 Å². The molecule has 1 heterocycles. The summed E-state index contributed by atoms with van der Waals surface area (Å²) in [6.07, 6.45) is 3.69. The first-order valence-electron chi connectivity index (χ1n) is 8.29. The second-order valence-electron chi connectivity index (χ2n) is 6.30. The predicted molar refractivity (Wildman–Crippen MR) is 92.2 cm³/mol. The standard InChI is InChI=1S/C18H28N2O3/c1-5-14-7-8-15(13-16(14)22-3)19-17(21)20-11-6-9-18(2,23-4)10-12-20/h7-8,13H,5-6,9-12H2,1-4H3,(H,19,21)/t18-/m1/s1. The summed E-state index contributed by atoms with van der Waals surface area (Å²) < 4.78 is 11.0. The highest BCUT2D eigenvalue weighted by atomic mass is 16.5. The summed E-state index contributed by atoms with van der Waals surface area (Å²) in [6, 6.07) is 5.75. The molecule has 1 N–H and O–H groups in total. The first kappa shape index (κ1) is 17.6. The number of nitrogens with zero attached hydrogens (tertiary/aromatic N) is 1. The third kappa shape index (κ3) is 4.38. The summed E-state index contributed by atoms with van der Waals surface area (Å²) in [5.41, 5.74) is 1.78. The van der Waals surface area contributed by atoms with Crippen LogP contribution in [0, 0.1) is 0 Å². The molecule has 0 spiro atoms. The molecule has 5 heteroatoms. The average molecular weight is 320 g/mol.